The van der Waals surface area contributed by atoms with Crippen LogP contribution < -0.4 is 10.2 Å². The molecule has 1 fully saturated rings. The molecular formula is C21H20F4N6O2S. The third kappa shape index (κ3) is 5.58. The summed E-state index contributed by atoms with van der Waals surface area (Å²) in [6.07, 6.45) is 1.69. The molecule has 1 aliphatic carbocycles. The molecule has 1 aliphatic rings. The summed E-state index contributed by atoms with van der Waals surface area (Å²) in [7, 11) is -3.38. The Labute approximate surface area is 193 Å². The molecule has 0 unspecified atom stereocenters. The molecule has 0 spiro atoms. The summed E-state index contributed by atoms with van der Waals surface area (Å²) in [5.41, 5.74) is -0.0310. The summed E-state index contributed by atoms with van der Waals surface area (Å²) in [6, 6.07) is 5.14. The molecule has 0 saturated heterocycles. The second kappa shape index (κ2) is 9.12. The van der Waals surface area contributed by atoms with Gasteiger partial charge in [-0.05, 0) is 36.6 Å². The topological polar surface area (TPSA) is 101 Å². The van der Waals surface area contributed by atoms with Gasteiger partial charge in [-0.1, -0.05) is 6.07 Å². The van der Waals surface area contributed by atoms with Crippen molar-refractivity contribution in [3.05, 3.63) is 65.8 Å². The summed E-state index contributed by atoms with van der Waals surface area (Å²) in [4.78, 5) is 17.3. The molecule has 3 aromatic rings. The Morgan fingerprint density at radius 1 is 1.06 bits per heavy atom. The fraction of sp³-hybridized carbons (Fsp3) is 0.333. The van der Waals surface area contributed by atoms with Crippen molar-refractivity contribution < 1.29 is 26.0 Å². The number of nitrogens with zero attached hydrogens (tertiary/aromatic N) is 5. The second-order valence-corrected chi connectivity index (χ2v) is 9.90. The number of halogens is 4. The lowest BCUT2D eigenvalue weighted by Gasteiger charge is -2.24. The maximum atomic E-state index is 15.3. The lowest BCUT2D eigenvalue weighted by atomic mass is 10.2. The molecule has 8 nitrogen and oxygen atoms in total. The van der Waals surface area contributed by atoms with Crippen LogP contribution in [0.4, 0.5) is 29.2 Å². The predicted molar refractivity (Wildman–Crippen MR) is 115 cm³/mol. The number of hydrogen-bond donors (Lipinski definition) is 1. The largest absolute Gasteiger partial charge is 0.433 e. The molecule has 4 rings (SSSR count). The number of hydrogen-bond acceptors (Lipinski definition) is 8. The van der Waals surface area contributed by atoms with E-state index in [2.05, 4.69) is 25.3 Å². The zero-order valence-electron chi connectivity index (χ0n) is 17.9. The van der Waals surface area contributed by atoms with Gasteiger partial charge in [0.2, 0.25) is 5.82 Å². The van der Waals surface area contributed by atoms with E-state index in [-0.39, 0.29) is 35.7 Å². The molecule has 0 aromatic carbocycles. The number of aromatic nitrogens is 4. The van der Waals surface area contributed by atoms with Gasteiger partial charge in [0, 0.05) is 31.2 Å². The van der Waals surface area contributed by atoms with Crippen LogP contribution in [0.2, 0.25) is 0 Å². The Morgan fingerprint density at radius 2 is 1.82 bits per heavy atom. The predicted octanol–water partition coefficient (Wildman–Crippen LogP) is 3.61. The monoisotopic (exact) mass is 496 g/mol. The van der Waals surface area contributed by atoms with Gasteiger partial charge >= 0.3 is 6.18 Å². The quantitative estimate of drug-likeness (QED) is 0.472. The van der Waals surface area contributed by atoms with Crippen LogP contribution in [0, 0.1) is 5.82 Å². The maximum absolute atomic E-state index is 15.3. The number of nitrogens with one attached hydrogen (secondary N) is 1. The highest BCUT2D eigenvalue weighted by molar-refractivity contribution is 7.90. The minimum atomic E-state index is -4.53. The fourth-order valence-electron chi connectivity index (χ4n) is 3.24. The van der Waals surface area contributed by atoms with E-state index in [0.29, 0.717) is 11.3 Å². The summed E-state index contributed by atoms with van der Waals surface area (Å²) in [6.45, 7) is 0.224. The summed E-state index contributed by atoms with van der Waals surface area (Å²) >= 11 is 0. The van der Waals surface area contributed by atoms with Gasteiger partial charge < -0.3 is 10.2 Å². The van der Waals surface area contributed by atoms with E-state index < -0.39 is 27.5 Å². The number of anilines is 2. The molecule has 34 heavy (non-hydrogen) atoms. The van der Waals surface area contributed by atoms with Gasteiger partial charge in [0.25, 0.3) is 0 Å². The zero-order chi connectivity index (χ0) is 24.5. The van der Waals surface area contributed by atoms with Crippen molar-refractivity contribution in [2.24, 2.45) is 0 Å². The van der Waals surface area contributed by atoms with E-state index in [1.807, 2.05) is 0 Å². The average molecular weight is 496 g/mol. The van der Waals surface area contributed by atoms with Crippen molar-refractivity contribution in [1.82, 2.24) is 19.9 Å². The maximum Gasteiger partial charge on any atom is 0.433 e. The van der Waals surface area contributed by atoms with Crippen LogP contribution in [0.5, 0.6) is 0 Å². The van der Waals surface area contributed by atoms with Gasteiger partial charge in [-0.3, -0.25) is 9.97 Å². The molecule has 0 bridgehead atoms. The lowest BCUT2D eigenvalue weighted by Crippen LogP contribution is -2.28. The van der Waals surface area contributed by atoms with Gasteiger partial charge in [-0.2, -0.15) is 17.6 Å². The molecule has 0 radical (unpaired) electrons. The minimum absolute atomic E-state index is 0.00439. The first-order valence-corrected chi connectivity index (χ1v) is 12.1. The van der Waals surface area contributed by atoms with Crippen molar-refractivity contribution >= 4 is 21.5 Å². The first kappa shape index (κ1) is 23.8. The van der Waals surface area contributed by atoms with Crippen LogP contribution >= 0.6 is 0 Å². The SMILES string of the molecule is CS(=O)(=O)c1ccc(CNc2ncnc(N(Cc3ccc(C(F)(F)F)nc3)C3CC3)c2F)nc1. The first-order valence-electron chi connectivity index (χ1n) is 10.2. The van der Waals surface area contributed by atoms with Crippen LogP contribution in [0.3, 0.4) is 0 Å². The molecule has 180 valence electrons. The normalized spacial score (nSPS) is 14.1. The highest BCUT2D eigenvalue weighted by Gasteiger charge is 2.34. The molecule has 3 heterocycles. The van der Waals surface area contributed by atoms with Gasteiger partial charge in [0.05, 0.1) is 17.1 Å². The number of rotatable bonds is 8. The smallest absolute Gasteiger partial charge is 0.362 e. The Morgan fingerprint density at radius 3 is 2.38 bits per heavy atom. The Kier molecular flexibility index (Phi) is 6.39. The van der Waals surface area contributed by atoms with Crippen molar-refractivity contribution in [1.29, 1.82) is 0 Å². The molecule has 0 atom stereocenters. The third-order valence-electron chi connectivity index (χ3n) is 5.16. The molecule has 0 amide bonds. The average Bonchev–Trinajstić information content (AvgIpc) is 3.62. The summed E-state index contributed by atoms with van der Waals surface area (Å²) < 4.78 is 76.7. The van der Waals surface area contributed by atoms with E-state index in [4.69, 9.17) is 0 Å². The number of alkyl halides is 3. The van der Waals surface area contributed by atoms with Crippen molar-refractivity contribution in [2.45, 2.75) is 43.0 Å². The van der Waals surface area contributed by atoms with Crippen LogP contribution in [0.15, 0.2) is 47.9 Å². The summed E-state index contributed by atoms with van der Waals surface area (Å²) in [5, 5.41) is 2.83. The zero-order valence-corrected chi connectivity index (χ0v) is 18.7. The van der Waals surface area contributed by atoms with E-state index >= 15 is 4.39 Å². The fourth-order valence-corrected chi connectivity index (χ4v) is 3.80. The highest BCUT2D eigenvalue weighted by Crippen LogP contribution is 2.35. The van der Waals surface area contributed by atoms with Crippen molar-refractivity contribution in [3.8, 4) is 0 Å². The van der Waals surface area contributed by atoms with Gasteiger partial charge in [-0.15, -0.1) is 0 Å². The van der Waals surface area contributed by atoms with Crippen molar-refractivity contribution in [2.75, 3.05) is 16.5 Å². The standard InChI is InChI=1S/C21H20F4N6O2S/c1-34(32,33)16-6-3-14(26-10-16)9-28-19-18(22)20(30-12-29-19)31(15-4-5-15)11-13-2-7-17(27-8-13)21(23,24)25/h2-3,6-8,10,12,15H,4-5,9,11H2,1H3,(H,28,29,30). The lowest BCUT2D eigenvalue weighted by molar-refractivity contribution is -0.141. The summed E-state index contributed by atoms with van der Waals surface area (Å²) in [5.74, 6) is -0.752. The van der Waals surface area contributed by atoms with E-state index in [9.17, 15) is 21.6 Å². The van der Waals surface area contributed by atoms with Crippen LogP contribution in [-0.2, 0) is 29.1 Å². The molecule has 13 heteroatoms. The third-order valence-corrected chi connectivity index (χ3v) is 6.26. The van der Waals surface area contributed by atoms with E-state index in [0.717, 1.165) is 31.4 Å². The Balaban J connectivity index is 1.50. The van der Waals surface area contributed by atoms with Gasteiger partial charge in [-0.25, -0.2) is 18.4 Å². The number of sulfone groups is 1. The Hall–Kier alpha value is -3.35. The Bertz CT molecular complexity index is 1260. The molecule has 3 aromatic heterocycles. The first-order chi connectivity index (χ1) is 16.0. The number of pyridine rings is 2. The van der Waals surface area contributed by atoms with Crippen LogP contribution in [0.1, 0.15) is 29.8 Å². The molecular weight excluding hydrogens is 476 g/mol. The van der Waals surface area contributed by atoms with Gasteiger partial charge in [0.15, 0.2) is 21.5 Å². The van der Waals surface area contributed by atoms with Gasteiger partial charge in [0.1, 0.15) is 12.0 Å². The van der Waals surface area contributed by atoms with Crippen LogP contribution in [-0.4, -0.2) is 40.7 Å². The minimum Gasteiger partial charge on any atom is -0.362 e. The van der Waals surface area contributed by atoms with Crippen molar-refractivity contribution in [3.63, 3.8) is 0 Å². The molecule has 1 saturated carbocycles. The molecule has 0 aliphatic heterocycles. The second-order valence-electron chi connectivity index (χ2n) is 7.88. The van der Waals surface area contributed by atoms with E-state index in [1.54, 1.807) is 4.90 Å². The highest BCUT2D eigenvalue weighted by atomic mass is 32.2. The van der Waals surface area contributed by atoms with E-state index in [1.165, 1.54) is 30.7 Å². The van der Waals surface area contributed by atoms with Crippen LogP contribution in [0.25, 0.3) is 0 Å². The molecule has 1 N–H and O–H groups in total.